The first-order chi connectivity index (χ1) is 17.1. The number of nitrogens with zero attached hydrogens (tertiary/aromatic N) is 6. The smallest absolute Gasteiger partial charge is 0.226 e. The molecule has 0 spiro atoms. The van der Waals surface area contributed by atoms with Crippen molar-refractivity contribution in [3.05, 3.63) is 95.2 Å². The standard InChI is InChI=1S/C25H20FN7O2/c1-15-24-19(16-6-4-7-18(11-16)35-13-17-5-2-3-8-20(17)26)12-23(34)28-25(24)33(30-15)22-10-9-21-29-27-14-32(21)31-22/h2-11,14,19H,12-13H2,1H3,(H,28,34)/t19-/m1/s1. The fourth-order valence-corrected chi connectivity index (χ4v) is 4.43. The van der Waals surface area contributed by atoms with Crippen LogP contribution in [0.3, 0.4) is 0 Å². The summed E-state index contributed by atoms with van der Waals surface area (Å²) in [6, 6.07) is 17.6. The van der Waals surface area contributed by atoms with Crippen LogP contribution >= 0.6 is 0 Å². The average Bonchev–Trinajstić information content (AvgIpc) is 3.47. The van der Waals surface area contributed by atoms with Crippen LogP contribution in [0.25, 0.3) is 11.5 Å². The van der Waals surface area contributed by atoms with Crippen LogP contribution in [-0.2, 0) is 11.4 Å². The van der Waals surface area contributed by atoms with Crippen LogP contribution in [0.2, 0.25) is 0 Å². The second-order valence-electron chi connectivity index (χ2n) is 8.34. The van der Waals surface area contributed by atoms with E-state index in [9.17, 15) is 9.18 Å². The van der Waals surface area contributed by atoms with Crippen LogP contribution in [0.4, 0.5) is 10.2 Å². The Morgan fingerprint density at radius 3 is 2.89 bits per heavy atom. The molecule has 35 heavy (non-hydrogen) atoms. The van der Waals surface area contributed by atoms with Gasteiger partial charge in [-0.05, 0) is 42.8 Å². The first-order valence-corrected chi connectivity index (χ1v) is 11.1. The quantitative estimate of drug-likeness (QED) is 0.420. The van der Waals surface area contributed by atoms with Crippen molar-refractivity contribution in [3.8, 4) is 11.6 Å². The maximum atomic E-state index is 14.0. The van der Waals surface area contributed by atoms with Crippen molar-refractivity contribution in [1.82, 2.24) is 29.6 Å². The number of benzene rings is 2. The van der Waals surface area contributed by atoms with Gasteiger partial charge in [0.05, 0.1) is 5.69 Å². The number of aromatic nitrogens is 6. The van der Waals surface area contributed by atoms with Crippen LogP contribution in [0.5, 0.6) is 5.75 Å². The van der Waals surface area contributed by atoms with Crippen molar-refractivity contribution in [2.75, 3.05) is 5.32 Å². The summed E-state index contributed by atoms with van der Waals surface area (Å²) in [6.45, 7) is 2.02. The summed E-state index contributed by atoms with van der Waals surface area (Å²) in [7, 11) is 0. The first-order valence-electron chi connectivity index (χ1n) is 11.1. The lowest BCUT2D eigenvalue weighted by Gasteiger charge is -2.24. The maximum absolute atomic E-state index is 14.0. The largest absolute Gasteiger partial charge is 0.489 e. The van der Waals surface area contributed by atoms with Crippen LogP contribution in [0.15, 0.2) is 67.0 Å². The molecule has 3 aromatic heterocycles. The summed E-state index contributed by atoms with van der Waals surface area (Å²) in [5, 5.41) is 20.0. The minimum Gasteiger partial charge on any atom is -0.489 e. The van der Waals surface area contributed by atoms with Gasteiger partial charge in [-0.15, -0.1) is 15.3 Å². The van der Waals surface area contributed by atoms with Gasteiger partial charge in [0, 0.05) is 23.5 Å². The van der Waals surface area contributed by atoms with E-state index in [1.807, 2.05) is 31.2 Å². The molecule has 4 heterocycles. The molecule has 0 saturated heterocycles. The Hall–Kier alpha value is -4.60. The number of aryl methyl sites for hydroxylation is 1. The number of carbonyl (C=O) groups excluding carboxylic acids is 1. The van der Waals surface area contributed by atoms with E-state index in [1.54, 1.807) is 39.5 Å². The third-order valence-electron chi connectivity index (χ3n) is 6.08. The van der Waals surface area contributed by atoms with Gasteiger partial charge in [-0.25, -0.2) is 4.39 Å². The Morgan fingerprint density at radius 2 is 2.00 bits per heavy atom. The summed E-state index contributed by atoms with van der Waals surface area (Å²) >= 11 is 0. The van der Waals surface area contributed by atoms with Crippen molar-refractivity contribution in [2.45, 2.75) is 25.9 Å². The summed E-state index contributed by atoms with van der Waals surface area (Å²) < 4.78 is 23.0. The highest BCUT2D eigenvalue weighted by molar-refractivity contribution is 5.95. The fourth-order valence-electron chi connectivity index (χ4n) is 4.43. The SMILES string of the molecule is Cc1nn(-c2ccc3nncn3n2)c2c1[C@@H](c1cccc(OCc3ccccc3F)c1)CC(=O)N2. The number of hydrogen-bond acceptors (Lipinski definition) is 6. The third kappa shape index (κ3) is 3.78. The first kappa shape index (κ1) is 21.0. The third-order valence-corrected chi connectivity index (χ3v) is 6.08. The Morgan fingerprint density at radius 1 is 1.11 bits per heavy atom. The second-order valence-corrected chi connectivity index (χ2v) is 8.34. The number of halogens is 1. The molecular formula is C25H20FN7O2. The monoisotopic (exact) mass is 469 g/mol. The van der Waals surface area contributed by atoms with Gasteiger partial charge in [-0.2, -0.15) is 14.3 Å². The fraction of sp³-hybridized carbons (Fsp3) is 0.160. The molecule has 2 aromatic carbocycles. The van der Waals surface area contributed by atoms with Gasteiger partial charge in [0.2, 0.25) is 5.91 Å². The summed E-state index contributed by atoms with van der Waals surface area (Å²) in [4.78, 5) is 12.7. The van der Waals surface area contributed by atoms with E-state index in [4.69, 9.17) is 4.74 Å². The molecule has 6 rings (SSSR count). The molecule has 10 heteroatoms. The van der Waals surface area contributed by atoms with E-state index in [1.165, 1.54) is 12.4 Å². The van der Waals surface area contributed by atoms with Gasteiger partial charge in [-0.1, -0.05) is 30.3 Å². The van der Waals surface area contributed by atoms with E-state index in [2.05, 4.69) is 25.7 Å². The Balaban J connectivity index is 1.35. The molecule has 5 aromatic rings. The number of amides is 1. The summed E-state index contributed by atoms with van der Waals surface area (Å²) in [5.74, 6) is 1.07. The van der Waals surface area contributed by atoms with Crippen LogP contribution in [0, 0.1) is 12.7 Å². The van der Waals surface area contributed by atoms with Crippen molar-refractivity contribution in [3.63, 3.8) is 0 Å². The van der Waals surface area contributed by atoms with Gasteiger partial charge in [0.25, 0.3) is 0 Å². The summed E-state index contributed by atoms with van der Waals surface area (Å²) in [6.07, 6.45) is 1.78. The van der Waals surface area contributed by atoms with E-state index < -0.39 is 0 Å². The molecule has 1 atom stereocenters. The highest BCUT2D eigenvalue weighted by Gasteiger charge is 2.33. The van der Waals surface area contributed by atoms with Crippen molar-refractivity contribution < 1.29 is 13.9 Å². The van der Waals surface area contributed by atoms with Crippen LogP contribution in [0.1, 0.15) is 34.7 Å². The van der Waals surface area contributed by atoms with Crippen molar-refractivity contribution in [2.24, 2.45) is 0 Å². The molecule has 1 amide bonds. The molecule has 0 unspecified atom stereocenters. The lowest BCUT2D eigenvalue weighted by Crippen LogP contribution is -2.25. The van der Waals surface area contributed by atoms with E-state index >= 15 is 0 Å². The zero-order chi connectivity index (χ0) is 23.9. The number of hydrogen-bond donors (Lipinski definition) is 1. The predicted molar refractivity (Wildman–Crippen MR) is 125 cm³/mol. The molecule has 1 aliphatic heterocycles. The number of rotatable bonds is 5. The zero-order valence-electron chi connectivity index (χ0n) is 18.7. The number of carbonyl (C=O) groups is 1. The average molecular weight is 469 g/mol. The van der Waals surface area contributed by atoms with Crippen LogP contribution < -0.4 is 10.1 Å². The van der Waals surface area contributed by atoms with Crippen molar-refractivity contribution >= 4 is 17.4 Å². The number of ether oxygens (including phenoxy) is 1. The topological polar surface area (TPSA) is 99.2 Å². The van der Waals surface area contributed by atoms with E-state index in [0.717, 1.165) is 16.8 Å². The number of fused-ring (bicyclic) bond motifs is 2. The highest BCUT2D eigenvalue weighted by Crippen LogP contribution is 2.40. The lowest BCUT2D eigenvalue weighted by molar-refractivity contribution is -0.116. The Kier molecular flexibility index (Phi) is 4.98. The molecule has 0 bridgehead atoms. The molecule has 0 radical (unpaired) electrons. The molecule has 9 nitrogen and oxygen atoms in total. The molecular weight excluding hydrogens is 449 g/mol. The minimum absolute atomic E-state index is 0.112. The Bertz CT molecular complexity index is 1580. The molecule has 0 aliphatic carbocycles. The molecule has 174 valence electrons. The normalized spacial score (nSPS) is 15.1. The maximum Gasteiger partial charge on any atom is 0.226 e. The van der Waals surface area contributed by atoms with E-state index in [0.29, 0.717) is 28.6 Å². The summed E-state index contributed by atoms with van der Waals surface area (Å²) in [5.41, 5.74) is 3.71. The van der Waals surface area contributed by atoms with Gasteiger partial charge < -0.3 is 10.1 Å². The Labute approximate surface area is 199 Å². The van der Waals surface area contributed by atoms with Gasteiger partial charge >= 0.3 is 0 Å². The zero-order valence-corrected chi connectivity index (χ0v) is 18.7. The predicted octanol–water partition coefficient (Wildman–Crippen LogP) is 3.81. The van der Waals surface area contributed by atoms with Gasteiger partial charge in [0.1, 0.15) is 30.3 Å². The van der Waals surface area contributed by atoms with Crippen LogP contribution in [-0.4, -0.2) is 35.5 Å². The van der Waals surface area contributed by atoms with Gasteiger partial charge in [-0.3, -0.25) is 4.79 Å². The van der Waals surface area contributed by atoms with Crippen molar-refractivity contribution in [1.29, 1.82) is 0 Å². The molecule has 1 N–H and O–H groups in total. The number of anilines is 1. The number of nitrogens with one attached hydrogen (secondary N) is 1. The lowest BCUT2D eigenvalue weighted by atomic mass is 9.86. The second kappa shape index (κ2) is 8.32. The molecule has 1 aliphatic rings. The highest BCUT2D eigenvalue weighted by atomic mass is 19.1. The van der Waals surface area contributed by atoms with E-state index in [-0.39, 0.29) is 30.7 Å². The molecule has 0 fully saturated rings. The molecule has 0 saturated carbocycles. The minimum atomic E-state index is -0.307. The van der Waals surface area contributed by atoms with Gasteiger partial charge in [0.15, 0.2) is 11.5 Å².